The van der Waals surface area contributed by atoms with Crippen molar-refractivity contribution in [2.45, 2.75) is 13.0 Å². The highest BCUT2D eigenvalue weighted by atomic mass is 19.1. The highest BCUT2D eigenvalue weighted by molar-refractivity contribution is 5.82. The summed E-state index contributed by atoms with van der Waals surface area (Å²) >= 11 is 0. The standard InChI is InChI=1S/C16H16FN5O/c1-21-15(18)11-8-22(5-4-13(11)20-21)10-3-2-9-6-12(17)16(23)19-14(9)7-10/h2-3,6-7H,4-5,8,18H2,1H3,(H,19,23). The van der Waals surface area contributed by atoms with Crippen LogP contribution in [0.5, 0.6) is 0 Å². The lowest BCUT2D eigenvalue weighted by Crippen LogP contribution is -2.30. The molecule has 3 N–H and O–H groups in total. The van der Waals surface area contributed by atoms with Crippen LogP contribution in [0, 0.1) is 5.82 Å². The fraction of sp³-hybridized carbons (Fsp3) is 0.250. The van der Waals surface area contributed by atoms with Crippen LogP contribution >= 0.6 is 0 Å². The lowest BCUT2D eigenvalue weighted by Gasteiger charge is -2.28. The SMILES string of the molecule is Cn1nc2c(c1N)CN(c1ccc3cc(F)c(=O)[nH]c3c1)CC2. The molecule has 3 aromatic rings. The second-order valence-corrected chi connectivity index (χ2v) is 5.82. The Morgan fingerprint density at radius 1 is 1.35 bits per heavy atom. The lowest BCUT2D eigenvalue weighted by molar-refractivity contribution is 0.612. The monoisotopic (exact) mass is 313 g/mol. The molecule has 0 fully saturated rings. The molecule has 0 atom stereocenters. The maximum absolute atomic E-state index is 13.3. The van der Waals surface area contributed by atoms with Crippen molar-refractivity contribution in [2.24, 2.45) is 7.05 Å². The summed E-state index contributed by atoms with van der Waals surface area (Å²) in [6.45, 7) is 1.49. The number of H-pyrrole nitrogens is 1. The molecule has 1 aliphatic heterocycles. The number of halogens is 1. The number of hydrogen-bond donors (Lipinski definition) is 2. The number of rotatable bonds is 1. The van der Waals surface area contributed by atoms with Gasteiger partial charge in [0.2, 0.25) is 0 Å². The van der Waals surface area contributed by atoms with Gasteiger partial charge in [0.15, 0.2) is 5.82 Å². The van der Waals surface area contributed by atoms with Crippen LogP contribution in [0.15, 0.2) is 29.1 Å². The average Bonchev–Trinajstić information content (AvgIpc) is 2.82. The van der Waals surface area contributed by atoms with Crippen LogP contribution in [-0.2, 0) is 20.0 Å². The summed E-state index contributed by atoms with van der Waals surface area (Å²) in [6, 6.07) is 6.86. The number of nitrogen functional groups attached to an aromatic ring is 1. The molecule has 0 saturated heterocycles. The van der Waals surface area contributed by atoms with Gasteiger partial charge in [-0.15, -0.1) is 0 Å². The fourth-order valence-corrected chi connectivity index (χ4v) is 3.10. The van der Waals surface area contributed by atoms with Gasteiger partial charge in [0.25, 0.3) is 5.56 Å². The number of pyridine rings is 1. The summed E-state index contributed by atoms with van der Waals surface area (Å²) < 4.78 is 15.0. The predicted molar refractivity (Wildman–Crippen MR) is 86.9 cm³/mol. The number of aryl methyl sites for hydroxylation is 1. The number of nitrogens with one attached hydrogen (secondary N) is 1. The molecule has 0 saturated carbocycles. The molecular weight excluding hydrogens is 297 g/mol. The molecule has 1 aliphatic rings. The number of anilines is 2. The highest BCUT2D eigenvalue weighted by Crippen LogP contribution is 2.28. The molecule has 23 heavy (non-hydrogen) atoms. The van der Waals surface area contributed by atoms with E-state index in [4.69, 9.17) is 5.73 Å². The molecule has 118 valence electrons. The lowest BCUT2D eigenvalue weighted by atomic mass is 10.1. The Morgan fingerprint density at radius 3 is 3.00 bits per heavy atom. The van der Waals surface area contributed by atoms with Gasteiger partial charge in [0.1, 0.15) is 5.82 Å². The van der Waals surface area contributed by atoms with Gasteiger partial charge in [0.05, 0.1) is 11.2 Å². The molecule has 0 aliphatic carbocycles. The van der Waals surface area contributed by atoms with E-state index in [1.54, 1.807) is 4.68 Å². The van der Waals surface area contributed by atoms with Gasteiger partial charge in [-0.2, -0.15) is 5.10 Å². The fourth-order valence-electron chi connectivity index (χ4n) is 3.10. The molecule has 2 aromatic heterocycles. The first-order chi connectivity index (χ1) is 11.0. The summed E-state index contributed by atoms with van der Waals surface area (Å²) in [4.78, 5) is 16.2. The van der Waals surface area contributed by atoms with Crippen LogP contribution in [0.2, 0.25) is 0 Å². The van der Waals surface area contributed by atoms with Crippen molar-refractivity contribution in [1.29, 1.82) is 0 Å². The summed E-state index contributed by atoms with van der Waals surface area (Å²) in [5.74, 6) is -0.0861. The van der Waals surface area contributed by atoms with Gasteiger partial charge in [-0.05, 0) is 18.2 Å². The van der Waals surface area contributed by atoms with Gasteiger partial charge >= 0.3 is 0 Å². The zero-order chi connectivity index (χ0) is 16.1. The Bertz CT molecular complexity index is 974. The number of nitrogens with zero attached hydrogens (tertiary/aromatic N) is 3. The van der Waals surface area contributed by atoms with E-state index in [1.165, 1.54) is 6.07 Å². The molecule has 0 unspecified atom stereocenters. The topological polar surface area (TPSA) is 79.9 Å². The van der Waals surface area contributed by atoms with Crippen molar-refractivity contribution < 1.29 is 4.39 Å². The van der Waals surface area contributed by atoms with Gasteiger partial charge in [-0.1, -0.05) is 6.07 Å². The first-order valence-corrected chi connectivity index (χ1v) is 7.40. The summed E-state index contributed by atoms with van der Waals surface area (Å²) in [5.41, 5.74) is 9.05. The Hall–Kier alpha value is -2.83. The van der Waals surface area contributed by atoms with Crippen molar-refractivity contribution in [3.8, 4) is 0 Å². The van der Waals surface area contributed by atoms with Crippen LogP contribution in [0.1, 0.15) is 11.3 Å². The van der Waals surface area contributed by atoms with Crippen LogP contribution < -0.4 is 16.2 Å². The van der Waals surface area contributed by atoms with Crippen LogP contribution in [0.25, 0.3) is 10.9 Å². The van der Waals surface area contributed by atoms with Crippen LogP contribution in [0.4, 0.5) is 15.9 Å². The quantitative estimate of drug-likeness (QED) is 0.714. The van der Waals surface area contributed by atoms with E-state index >= 15 is 0 Å². The van der Waals surface area contributed by atoms with Crippen molar-refractivity contribution in [3.05, 3.63) is 51.7 Å². The van der Waals surface area contributed by atoms with Crippen molar-refractivity contribution >= 4 is 22.4 Å². The van der Waals surface area contributed by atoms with Gasteiger partial charge < -0.3 is 15.6 Å². The summed E-state index contributed by atoms with van der Waals surface area (Å²) in [7, 11) is 1.84. The van der Waals surface area contributed by atoms with Crippen LogP contribution in [-0.4, -0.2) is 21.3 Å². The number of aromatic nitrogens is 3. The van der Waals surface area contributed by atoms with Gasteiger partial charge in [0, 0.05) is 43.2 Å². The van der Waals surface area contributed by atoms with E-state index in [2.05, 4.69) is 15.0 Å². The average molecular weight is 313 g/mol. The number of nitrogens with two attached hydrogens (primary N) is 1. The molecule has 3 heterocycles. The molecule has 7 heteroatoms. The third-order valence-electron chi connectivity index (χ3n) is 4.39. The zero-order valence-electron chi connectivity index (χ0n) is 12.6. The number of benzene rings is 1. The smallest absolute Gasteiger partial charge is 0.284 e. The minimum absolute atomic E-state index is 0.624. The van der Waals surface area contributed by atoms with Crippen molar-refractivity contribution in [1.82, 2.24) is 14.8 Å². The first-order valence-electron chi connectivity index (χ1n) is 7.40. The molecule has 0 radical (unpaired) electrons. The third kappa shape index (κ3) is 2.16. The molecule has 0 spiro atoms. The molecule has 4 rings (SSSR count). The summed E-state index contributed by atoms with van der Waals surface area (Å²) in [6.07, 6.45) is 0.818. The van der Waals surface area contributed by atoms with Crippen LogP contribution in [0.3, 0.4) is 0 Å². The number of aromatic amines is 1. The minimum atomic E-state index is -0.768. The Kier molecular flexibility index (Phi) is 2.90. The van der Waals surface area contributed by atoms with E-state index in [0.717, 1.165) is 29.9 Å². The minimum Gasteiger partial charge on any atom is -0.384 e. The second-order valence-electron chi connectivity index (χ2n) is 5.82. The largest absolute Gasteiger partial charge is 0.384 e. The molecule has 0 bridgehead atoms. The molecular formula is C16H16FN5O. The predicted octanol–water partition coefficient (Wildman–Crippen LogP) is 1.55. The van der Waals surface area contributed by atoms with Gasteiger partial charge in [-0.25, -0.2) is 4.39 Å². The van der Waals surface area contributed by atoms with E-state index < -0.39 is 11.4 Å². The van der Waals surface area contributed by atoms with Crippen molar-refractivity contribution in [3.63, 3.8) is 0 Å². The van der Waals surface area contributed by atoms with E-state index in [1.807, 2.05) is 25.2 Å². The first kappa shape index (κ1) is 13.8. The highest BCUT2D eigenvalue weighted by Gasteiger charge is 2.23. The maximum atomic E-state index is 13.3. The zero-order valence-corrected chi connectivity index (χ0v) is 12.6. The Labute approximate surface area is 131 Å². The third-order valence-corrected chi connectivity index (χ3v) is 4.39. The van der Waals surface area contributed by atoms with Crippen molar-refractivity contribution in [2.75, 3.05) is 17.2 Å². The molecule has 1 aromatic carbocycles. The normalized spacial score (nSPS) is 14.3. The Morgan fingerprint density at radius 2 is 2.17 bits per heavy atom. The number of hydrogen-bond acceptors (Lipinski definition) is 4. The van der Waals surface area contributed by atoms with Gasteiger partial charge in [-0.3, -0.25) is 9.48 Å². The molecule has 0 amide bonds. The van der Waals surface area contributed by atoms with E-state index in [0.29, 0.717) is 23.3 Å². The second kappa shape index (κ2) is 4.84. The Balaban J connectivity index is 1.74. The molecule has 6 nitrogen and oxygen atoms in total. The number of fused-ring (bicyclic) bond motifs is 2. The maximum Gasteiger partial charge on any atom is 0.284 e. The van der Waals surface area contributed by atoms with E-state index in [-0.39, 0.29) is 0 Å². The summed E-state index contributed by atoms with van der Waals surface area (Å²) in [5, 5.41) is 5.10. The van der Waals surface area contributed by atoms with E-state index in [9.17, 15) is 9.18 Å².